The summed E-state index contributed by atoms with van der Waals surface area (Å²) in [7, 11) is 0. The zero-order chi connectivity index (χ0) is 13.2. The quantitative estimate of drug-likeness (QED) is 0.697. The molecule has 0 aliphatic heterocycles. The molecular formula is C16H13N3. The van der Waals surface area contributed by atoms with Crippen molar-refractivity contribution < 1.29 is 0 Å². The van der Waals surface area contributed by atoms with E-state index in [1.165, 1.54) is 16.6 Å². The summed E-state index contributed by atoms with van der Waals surface area (Å²) in [4.78, 5) is 4.11. The highest BCUT2D eigenvalue weighted by Gasteiger charge is 2.08. The maximum atomic E-state index is 9.11. The highest BCUT2D eigenvalue weighted by molar-refractivity contribution is 5.81. The van der Waals surface area contributed by atoms with Gasteiger partial charge in [-0.25, -0.2) is 4.98 Å². The van der Waals surface area contributed by atoms with Crippen LogP contribution in [-0.2, 0) is 6.54 Å². The summed E-state index contributed by atoms with van der Waals surface area (Å²) in [5, 5.41) is 10.3. The van der Waals surface area contributed by atoms with Gasteiger partial charge in [0.15, 0.2) is 0 Å². The Labute approximate surface area is 111 Å². The molecule has 0 saturated heterocycles. The molecule has 0 aliphatic rings. The number of hydrogen-bond acceptors (Lipinski definition) is 2. The highest BCUT2D eigenvalue weighted by Crippen LogP contribution is 2.21. The maximum absolute atomic E-state index is 9.11. The zero-order valence-corrected chi connectivity index (χ0v) is 10.7. The molecule has 0 bridgehead atoms. The average molecular weight is 247 g/mol. The first-order valence-electron chi connectivity index (χ1n) is 6.18. The van der Waals surface area contributed by atoms with Crippen LogP contribution >= 0.6 is 0 Å². The molecule has 0 N–H and O–H groups in total. The molecule has 92 valence electrons. The Balaban J connectivity index is 2.11. The Morgan fingerprint density at radius 1 is 1.21 bits per heavy atom. The number of para-hydroxylation sites is 1. The molecule has 3 rings (SSSR count). The van der Waals surface area contributed by atoms with Crippen molar-refractivity contribution in [3.63, 3.8) is 0 Å². The molecule has 2 aromatic heterocycles. The Kier molecular flexibility index (Phi) is 2.77. The Hall–Kier alpha value is -2.60. The molecule has 2 heterocycles. The van der Waals surface area contributed by atoms with Crippen molar-refractivity contribution in [1.29, 1.82) is 5.26 Å². The number of benzene rings is 1. The number of pyridine rings is 1. The molecule has 0 fully saturated rings. The summed E-state index contributed by atoms with van der Waals surface area (Å²) in [6, 6.07) is 16.4. The van der Waals surface area contributed by atoms with Gasteiger partial charge in [-0.15, -0.1) is 0 Å². The van der Waals surface area contributed by atoms with Crippen molar-refractivity contribution in [3.8, 4) is 6.07 Å². The molecule has 3 heteroatoms. The van der Waals surface area contributed by atoms with Gasteiger partial charge in [-0.1, -0.05) is 24.3 Å². The van der Waals surface area contributed by atoms with Crippen LogP contribution in [0.5, 0.6) is 0 Å². The number of fused-ring (bicyclic) bond motifs is 1. The fourth-order valence-corrected chi connectivity index (χ4v) is 2.40. The maximum Gasteiger partial charge on any atom is 0.145 e. The van der Waals surface area contributed by atoms with Gasteiger partial charge in [-0.2, -0.15) is 5.26 Å². The van der Waals surface area contributed by atoms with Crippen molar-refractivity contribution in [2.75, 3.05) is 0 Å². The monoisotopic (exact) mass is 247 g/mol. The number of aryl methyl sites for hydroxylation is 1. The SMILES string of the molecule is Cc1cc2ccccc2n1Cc1cccnc1C#N. The molecule has 0 unspecified atom stereocenters. The largest absolute Gasteiger partial charge is 0.340 e. The van der Waals surface area contributed by atoms with Gasteiger partial charge in [0, 0.05) is 23.0 Å². The third-order valence-corrected chi connectivity index (χ3v) is 3.34. The van der Waals surface area contributed by atoms with Crippen LogP contribution in [0.2, 0.25) is 0 Å². The summed E-state index contributed by atoms with van der Waals surface area (Å²) < 4.78 is 2.22. The number of hydrogen-bond donors (Lipinski definition) is 0. The fraction of sp³-hybridized carbons (Fsp3) is 0.125. The topological polar surface area (TPSA) is 41.6 Å². The first-order chi connectivity index (χ1) is 9.29. The molecule has 3 aromatic rings. The normalized spacial score (nSPS) is 10.5. The number of rotatable bonds is 2. The number of nitrogens with zero attached hydrogens (tertiary/aromatic N) is 3. The summed E-state index contributed by atoms with van der Waals surface area (Å²) in [5.41, 5.74) is 3.83. The van der Waals surface area contributed by atoms with Crippen LogP contribution in [0.1, 0.15) is 17.0 Å². The van der Waals surface area contributed by atoms with Gasteiger partial charge in [0.25, 0.3) is 0 Å². The summed E-state index contributed by atoms with van der Waals surface area (Å²) in [6.07, 6.45) is 1.66. The third-order valence-electron chi connectivity index (χ3n) is 3.34. The molecular weight excluding hydrogens is 234 g/mol. The standard InChI is InChI=1S/C16H13N3/c1-12-9-13-5-2-3-7-16(13)19(12)11-14-6-4-8-18-15(14)10-17/h2-9H,11H2,1H3. The summed E-state index contributed by atoms with van der Waals surface area (Å²) in [5.74, 6) is 0. The van der Waals surface area contributed by atoms with Crippen LogP contribution in [-0.4, -0.2) is 9.55 Å². The van der Waals surface area contributed by atoms with Gasteiger partial charge < -0.3 is 4.57 Å². The van der Waals surface area contributed by atoms with E-state index in [-0.39, 0.29) is 0 Å². The lowest BCUT2D eigenvalue weighted by atomic mass is 10.2. The van der Waals surface area contributed by atoms with Crippen molar-refractivity contribution in [2.24, 2.45) is 0 Å². The van der Waals surface area contributed by atoms with E-state index in [0.717, 1.165) is 5.56 Å². The predicted octanol–water partition coefficient (Wildman–Crippen LogP) is 3.26. The van der Waals surface area contributed by atoms with Gasteiger partial charge in [-0.05, 0) is 30.5 Å². The van der Waals surface area contributed by atoms with Gasteiger partial charge in [0.05, 0.1) is 6.54 Å². The van der Waals surface area contributed by atoms with Crippen LogP contribution in [0.25, 0.3) is 10.9 Å². The van der Waals surface area contributed by atoms with Gasteiger partial charge >= 0.3 is 0 Å². The van der Waals surface area contributed by atoms with Gasteiger partial charge in [0.1, 0.15) is 11.8 Å². The van der Waals surface area contributed by atoms with E-state index in [9.17, 15) is 0 Å². The molecule has 0 atom stereocenters. The van der Waals surface area contributed by atoms with Crippen molar-refractivity contribution in [3.05, 3.63) is 65.6 Å². The average Bonchev–Trinajstić information content (AvgIpc) is 2.76. The predicted molar refractivity (Wildman–Crippen MR) is 74.7 cm³/mol. The minimum atomic E-state index is 0.500. The van der Waals surface area contributed by atoms with Crippen LogP contribution < -0.4 is 0 Å². The molecule has 0 spiro atoms. The van der Waals surface area contributed by atoms with E-state index in [0.29, 0.717) is 12.2 Å². The molecule has 0 radical (unpaired) electrons. The lowest BCUT2D eigenvalue weighted by molar-refractivity contribution is 0.798. The first kappa shape index (κ1) is 11.5. The fourth-order valence-electron chi connectivity index (χ4n) is 2.40. The second-order valence-electron chi connectivity index (χ2n) is 4.55. The minimum absolute atomic E-state index is 0.500. The van der Waals surface area contributed by atoms with Crippen molar-refractivity contribution >= 4 is 10.9 Å². The third kappa shape index (κ3) is 1.98. The van der Waals surface area contributed by atoms with E-state index in [1.807, 2.05) is 24.3 Å². The lowest BCUT2D eigenvalue weighted by Crippen LogP contribution is -2.04. The first-order valence-corrected chi connectivity index (χ1v) is 6.18. The lowest BCUT2D eigenvalue weighted by Gasteiger charge is -2.09. The zero-order valence-electron chi connectivity index (χ0n) is 10.7. The summed E-state index contributed by atoms with van der Waals surface area (Å²) >= 11 is 0. The molecule has 0 saturated carbocycles. The van der Waals surface area contributed by atoms with E-state index < -0.39 is 0 Å². The summed E-state index contributed by atoms with van der Waals surface area (Å²) in [6.45, 7) is 2.76. The van der Waals surface area contributed by atoms with Crippen molar-refractivity contribution in [2.45, 2.75) is 13.5 Å². The van der Waals surface area contributed by atoms with E-state index >= 15 is 0 Å². The Morgan fingerprint density at radius 3 is 2.89 bits per heavy atom. The Morgan fingerprint density at radius 2 is 2.05 bits per heavy atom. The van der Waals surface area contributed by atoms with Crippen LogP contribution in [0, 0.1) is 18.3 Å². The van der Waals surface area contributed by atoms with Crippen LogP contribution in [0.3, 0.4) is 0 Å². The second kappa shape index (κ2) is 4.58. The molecule has 19 heavy (non-hydrogen) atoms. The van der Waals surface area contributed by atoms with Gasteiger partial charge in [-0.3, -0.25) is 0 Å². The Bertz CT molecular complexity index is 778. The van der Waals surface area contributed by atoms with E-state index in [1.54, 1.807) is 6.20 Å². The second-order valence-corrected chi connectivity index (χ2v) is 4.55. The van der Waals surface area contributed by atoms with E-state index in [2.05, 4.69) is 40.7 Å². The van der Waals surface area contributed by atoms with Crippen LogP contribution in [0.15, 0.2) is 48.7 Å². The van der Waals surface area contributed by atoms with Crippen molar-refractivity contribution in [1.82, 2.24) is 9.55 Å². The highest BCUT2D eigenvalue weighted by atomic mass is 15.0. The molecule has 3 nitrogen and oxygen atoms in total. The molecule has 0 aliphatic carbocycles. The molecule has 0 amide bonds. The number of nitriles is 1. The minimum Gasteiger partial charge on any atom is -0.340 e. The molecule has 1 aromatic carbocycles. The smallest absolute Gasteiger partial charge is 0.145 e. The van der Waals surface area contributed by atoms with Gasteiger partial charge in [0.2, 0.25) is 0 Å². The van der Waals surface area contributed by atoms with E-state index in [4.69, 9.17) is 5.26 Å². The number of aromatic nitrogens is 2. The van der Waals surface area contributed by atoms with Crippen LogP contribution in [0.4, 0.5) is 0 Å².